The molecule has 26 heavy (non-hydrogen) atoms. The molecule has 0 unspecified atom stereocenters. The van der Waals surface area contributed by atoms with E-state index in [0.717, 1.165) is 6.42 Å². The molecule has 1 N–H and O–H groups in total. The molecule has 0 saturated carbocycles. The highest BCUT2D eigenvalue weighted by Gasteiger charge is 2.28. The summed E-state index contributed by atoms with van der Waals surface area (Å²) in [5.74, 6) is 0.624. The maximum absolute atomic E-state index is 12.4. The minimum Gasteiger partial charge on any atom is -0.494 e. The number of nitrogens with one attached hydrogen (secondary N) is 1. The van der Waals surface area contributed by atoms with Gasteiger partial charge in [0.05, 0.1) is 18.0 Å². The molecule has 0 atom stereocenters. The van der Waals surface area contributed by atoms with Gasteiger partial charge in [-0.2, -0.15) is 0 Å². The molecule has 1 aliphatic rings. The summed E-state index contributed by atoms with van der Waals surface area (Å²) in [6.07, 6.45) is 1.54. The number of benzene rings is 2. The van der Waals surface area contributed by atoms with Crippen molar-refractivity contribution in [2.75, 3.05) is 28.5 Å². The molecule has 0 radical (unpaired) electrons. The van der Waals surface area contributed by atoms with E-state index in [-0.39, 0.29) is 11.7 Å². The molecule has 0 aliphatic carbocycles. The summed E-state index contributed by atoms with van der Waals surface area (Å²) in [5, 5.41) is 2.83. The molecule has 1 fully saturated rings. The zero-order chi connectivity index (χ0) is 18.6. The number of sulfonamides is 1. The van der Waals surface area contributed by atoms with Crippen LogP contribution in [-0.4, -0.2) is 33.2 Å². The van der Waals surface area contributed by atoms with E-state index < -0.39 is 10.0 Å². The summed E-state index contributed by atoms with van der Waals surface area (Å²) in [6, 6.07) is 13.8. The van der Waals surface area contributed by atoms with Gasteiger partial charge in [0.2, 0.25) is 10.0 Å². The lowest BCUT2D eigenvalue weighted by Crippen LogP contribution is -2.25. The van der Waals surface area contributed by atoms with Gasteiger partial charge >= 0.3 is 0 Å². The first-order valence-electron chi connectivity index (χ1n) is 8.64. The number of hydrogen-bond acceptors (Lipinski definition) is 4. The first-order valence-corrected chi connectivity index (χ1v) is 10.3. The monoisotopic (exact) mass is 374 g/mol. The second-order valence-electron chi connectivity index (χ2n) is 6.12. The predicted octanol–water partition coefficient (Wildman–Crippen LogP) is 3.27. The van der Waals surface area contributed by atoms with E-state index in [4.69, 9.17) is 4.74 Å². The van der Waals surface area contributed by atoms with Crippen LogP contribution < -0.4 is 14.4 Å². The molecule has 7 heteroatoms. The van der Waals surface area contributed by atoms with Gasteiger partial charge in [-0.3, -0.25) is 9.10 Å². The van der Waals surface area contributed by atoms with Crippen LogP contribution in [0.25, 0.3) is 0 Å². The highest BCUT2D eigenvalue weighted by Crippen LogP contribution is 2.24. The molecule has 0 aromatic heterocycles. The van der Waals surface area contributed by atoms with Crippen LogP contribution in [0.3, 0.4) is 0 Å². The van der Waals surface area contributed by atoms with E-state index in [0.29, 0.717) is 42.3 Å². The molecule has 1 heterocycles. The van der Waals surface area contributed by atoms with Gasteiger partial charge in [-0.1, -0.05) is 13.0 Å². The van der Waals surface area contributed by atoms with E-state index in [1.54, 1.807) is 36.4 Å². The Kier molecular flexibility index (Phi) is 5.46. The van der Waals surface area contributed by atoms with Crippen LogP contribution in [0.2, 0.25) is 0 Å². The van der Waals surface area contributed by atoms with E-state index in [1.165, 1.54) is 4.31 Å². The van der Waals surface area contributed by atoms with E-state index in [9.17, 15) is 13.2 Å². The van der Waals surface area contributed by atoms with Crippen molar-refractivity contribution in [1.29, 1.82) is 0 Å². The van der Waals surface area contributed by atoms with Crippen LogP contribution in [0.5, 0.6) is 5.75 Å². The van der Waals surface area contributed by atoms with Gasteiger partial charge in [-0.15, -0.1) is 0 Å². The van der Waals surface area contributed by atoms with Crippen LogP contribution in [0.15, 0.2) is 48.5 Å². The zero-order valence-corrected chi connectivity index (χ0v) is 15.5. The largest absolute Gasteiger partial charge is 0.494 e. The third kappa shape index (κ3) is 4.16. The van der Waals surface area contributed by atoms with Crippen molar-refractivity contribution in [1.82, 2.24) is 0 Å². The number of nitrogens with zero attached hydrogens (tertiary/aromatic N) is 1. The van der Waals surface area contributed by atoms with Crippen molar-refractivity contribution in [3.63, 3.8) is 0 Å². The Morgan fingerprint density at radius 2 is 1.96 bits per heavy atom. The van der Waals surface area contributed by atoms with Crippen molar-refractivity contribution in [3.8, 4) is 5.75 Å². The fraction of sp³-hybridized carbons (Fsp3) is 0.316. The summed E-state index contributed by atoms with van der Waals surface area (Å²) in [6.45, 7) is 3.14. The average Bonchev–Trinajstić information content (AvgIpc) is 2.99. The summed E-state index contributed by atoms with van der Waals surface area (Å²) < 4.78 is 30.9. The van der Waals surface area contributed by atoms with Crippen LogP contribution in [0.4, 0.5) is 11.4 Å². The maximum Gasteiger partial charge on any atom is 0.255 e. The summed E-state index contributed by atoms with van der Waals surface area (Å²) in [5.41, 5.74) is 1.70. The molecular weight excluding hydrogens is 352 g/mol. The first-order chi connectivity index (χ1) is 12.5. The molecule has 3 rings (SSSR count). The van der Waals surface area contributed by atoms with E-state index >= 15 is 0 Å². The third-order valence-electron chi connectivity index (χ3n) is 4.08. The predicted molar refractivity (Wildman–Crippen MR) is 102 cm³/mol. The fourth-order valence-electron chi connectivity index (χ4n) is 2.80. The van der Waals surface area contributed by atoms with Gasteiger partial charge < -0.3 is 10.1 Å². The quantitative estimate of drug-likeness (QED) is 0.842. The van der Waals surface area contributed by atoms with Gasteiger partial charge in [0.1, 0.15) is 5.75 Å². The molecule has 1 amide bonds. The van der Waals surface area contributed by atoms with Gasteiger partial charge in [0.25, 0.3) is 5.91 Å². The highest BCUT2D eigenvalue weighted by molar-refractivity contribution is 7.93. The summed E-state index contributed by atoms with van der Waals surface area (Å²) >= 11 is 0. The minimum atomic E-state index is -3.22. The Morgan fingerprint density at radius 3 is 2.62 bits per heavy atom. The maximum atomic E-state index is 12.4. The van der Waals surface area contributed by atoms with Crippen LogP contribution in [0, 0.1) is 0 Å². The number of amides is 1. The Bertz CT molecular complexity index is 879. The molecule has 1 saturated heterocycles. The average molecular weight is 374 g/mol. The second kappa shape index (κ2) is 7.78. The molecule has 2 aromatic rings. The normalized spacial score (nSPS) is 15.7. The number of anilines is 2. The highest BCUT2D eigenvalue weighted by atomic mass is 32.2. The van der Waals surface area contributed by atoms with Crippen LogP contribution in [-0.2, 0) is 10.0 Å². The molecule has 0 bridgehead atoms. The van der Waals surface area contributed by atoms with E-state index in [2.05, 4.69) is 5.32 Å². The lowest BCUT2D eigenvalue weighted by molar-refractivity contribution is 0.102. The molecule has 1 aliphatic heterocycles. The summed E-state index contributed by atoms with van der Waals surface area (Å²) in [7, 11) is -3.22. The molecule has 138 valence electrons. The van der Waals surface area contributed by atoms with Crippen molar-refractivity contribution < 1.29 is 17.9 Å². The first kappa shape index (κ1) is 18.3. The SMILES string of the molecule is CCCOc1cccc(NC(=O)c2ccc(N3CCCS3(=O)=O)cc2)c1. The van der Waals surface area contributed by atoms with Gasteiger partial charge in [-0.25, -0.2) is 8.42 Å². The Morgan fingerprint density at radius 1 is 1.19 bits per heavy atom. The fourth-order valence-corrected chi connectivity index (χ4v) is 4.36. The van der Waals surface area contributed by atoms with Crippen molar-refractivity contribution >= 4 is 27.3 Å². The number of ether oxygens (including phenoxy) is 1. The molecule has 0 spiro atoms. The molecule has 2 aromatic carbocycles. The number of rotatable bonds is 6. The van der Waals surface area contributed by atoms with Crippen molar-refractivity contribution in [2.45, 2.75) is 19.8 Å². The van der Waals surface area contributed by atoms with Crippen LogP contribution >= 0.6 is 0 Å². The van der Waals surface area contributed by atoms with Gasteiger partial charge in [-0.05, 0) is 49.2 Å². The Hall–Kier alpha value is -2.54. The standard InChI is InChI=1S/C19H22N2O4S/c1-2-12-25-18-6-3-5-16(14-18)20-19(22)15-7-9-17(10-8-15)21-11-4-13-26(21,23)24/h3,5-10,14H,2,4,11-13H2,1H3,(H,20,22). The second-order valence-corrected chi connectivity index (χ2v) is 8.13. The van der Waals surface area contributed by atoms with Gasteiger partial charge in [0, 0.05) is 23.9 Å². The number of carbonyl (C=O) groups is 1. The lowest BCUT2D eigenvalue weighted by Gasteiger charge is -2.17. The van der Waals surface area contributed by atoms with Crippen LogP contribution in [0.1, 0.15) is 30.1 Å². The van der Waals surface area contributed by atoms with E-state index in [1.807, 2.05) is 19.1 Å². The Balaban J connectivity index is 1.69. The third-order valence-corrected chi connectivity index (χ3v) is 5.95. The molecule has 6 nitrogen and oxygen atoms in total. The minimum absolute atomic E-state index is 0.172. The smallest absolute Gasteiger partial charge is 0.255 e. The molecular formula is C19H22N2O4S. The number of carbonyl (C=O) groups excluding carboxylic acids is 1. The van der Waals surface area contributed by atoms with Gasteiger partial charge in [0.15, 0.2) is 0 Å². The topological polar surface area (TPSA) is 75.7 Å². The lowest BCUT2D eigenvalue weighted by atomic mass is 10.2. The Labute approximate surface area is 153 Å². The van der Waals surface area contributed by atoms with Crippen molar-refractivity contribution in [3.05, 3.63) is 54.1 Å². The van der Waals surface area contributed by atoms with Crippen molar-refractivity contribution in [2.24, 2.45) is 0 Å². The summed E-state index contributed by atoms with van der Waals surface area (Å²) in [4.78, 5) is 12.4. The number of hydrogen-bond donors (Lipinski definition) is 1. The zero-order valence-electron chi connectivity index (χ0n) is 14.6.